The van der Waals surface area contributed by atoms with Gasteiger partial charge in [0.25, 0.3) is 0 Å². The van der Waals surface area contributed by atoms with Crippen molar-refractivity contribution in [2.45, 2.75) is 45.4 Å². The first-order valence-corrected chi connectivity index (χ1v) is 8.09. The monoisotopic (exact) mass is 340 g/mol. The van der Waals surface area contributed by atoms with Gasteiger partial charge in [-0.1, -0.05) is 32.0 Å². The molecule has 0 atom stereocenters. The molecule has 0 bridgehead atoms. The summed E-state index contributed by atoms with van der Waals surface area (Å²) in [6, 6.07) is 5.50. The number of nitrogens with zero attached hydrogens (tertiary/aromatic N) is 5. The van der Waals surface area contributed by atoms with Crippen molar-refractivity contribution in [2.75, 3.05) is 0 Å². The molecule has 0 aromatic carbocycles. The lowest BCUT2D eigenvalue weighted by Crippen LogP contribution is -2.13. The molecular formula is C17H20N6O2. The molecule has 0 radical (unpaired) electrons. The van der Waals surface area contributed by atoms with Crippen molar-refractivity contribution < 1.29 is 9.32 Å². The second-order valence-electron chi connectivity index (χ2n) is 6.80. The molecule has 0 saturated carbocycles. The predicted octanol–water partition coefficient (Wildman–Crippen LogP) is 2.29. The zero-order valence-electron chi connectivity index (χ0n) is 14.5. The fraction of sp³-hybridized carbons (Fsp3) is 0.412. The van der Waals surface area contributed by atoms with Crippen LogP contribution in [0.4, 0.5) is 0 Å². The Hall–Kier alpha value is -2.90. The molecule has 0 amide bonds. The van der Waals surface area contributed by atoms with Gasteiger partial charge in [-0.05, 0) is 12.1 Å². The van der Waals surface area contributed by atoms with Crippen molar-refractivity contribution in [2.24, 2.45) is 0 Å². The van der Waals surface area contributed by atoms with Gasteiger partial charge in [0.1, 0.15) is 17.3 Å². The van der Waals surface area contributed by atoms with Gasteiger partial charge >= 0.3 is 0 Å². The highest BCUT2D eigenvalue weighted by atomic mass is 16.5. The second-order valence-corrected chi connectivity index (χ2v) is 6.80. The third-order valence-corrected chi connectivity index (χ3v) is 3.55. The van der Waals surface area contributed by atoms with Gasteiger partial charge in [-0.2, -0.15) is 10.1 Å². The maximum Gasteiger partial charge on any atom is 0.227 e. The molecule has 8 heteroatoms. The number of hydrogen-bond acceptors (Lipinski definition) is 7. The minimum atomic E-state index is -0.173. The number of carbonyl (C=O) groups is 1. The molecule has 8 nitrogen and oxygen atoms in total. The van der Waals surface area contributed by atoms with Crippen LogP contribution in [0.1, 0.15) is 44.7 Å². The maximum atomic E-state index is 12.1. The van der Waals surface area contributed by atoms with Crippen LogP contribution in [0.15, 0.2) is 28.9 Å². The van der Waals surface area contributed by atoms with E-state index in [0.717, 1.165) is 0 Å². The molecule has 0 aliphatic heterocycles. The van der Waals surface area contributed by atoms with Crippen LogP contribution in [-0.2, 0) is 23.1 Å². The molecule has 0 aliphatic carbocycles. The molecular weight excluding hydrogens is 320 g/mol. The number of hydrogen-bond donors (Lipinski definition) is 1. The van der Waals surface area contributed by atoms with Crippen LogP contribution in [-0.4, -0.2) is 36.1 Å². The summed E-state index contributed by atoms with van der Waals surface area (Å²) in [5, 5.41) is 10.8. The summed E-state index contributed by atoms with van der Waals surface area (Å²) < 4.78 is 5.20. The van der Waals surface area contributed by atoms with E-state index in [2.05, 4.69) is 30.3 Å². The zero-order valence-corrected chi connectivity index (χ0v) is 14.5. The average Bonchev–Trinajstić information content (AvgIpc) is 3.23. The Balaban J connectivity index is 1.55. The molecule has 25 heavy (non-hydrogen) atoms. The van der Waals surface area contributed by atoms with E-state index in [1.165, 1.54) is 0 Å². The lowest BCUT2D eigenvalue weighted by atomic mass is 9.96. The van der Waals surface area contributed by atoms with E-state index in [1.54, 1.807) is 6.20 Å². The normalized spacial score (nSPS) is 11.6. The van der Waals surface area contributed by atoms with E-state index in [9.17, 15) is 4.79 Å². The summed E-state index contributed by atoms with van der Waals surface area (Å²) in [6.45, 7) is 6.03. The molecule has 0 unspecified atom stereocenters. The van der Waals surface area contributed by atoms with E-state index in [0.29, 0.717) is 41.9 Å². The number of carbonyl (C=O) groups excluding carboxylic acids is 1. The number of rotatable bonds is 6. The summed E-state index contributed by atoms with van der Waals surface area (Å²) in [5.41, 5.74) is 0.492. The molecule has 3 heterocycles. The predicted molar refractivity (Wildman–Crippen MR) is 89.6 cm³/mol. The van der Waals surface area contributed by atoms with Crippen LogP contribution < -0.4 is 0 Å². The van der Waals surface area contributed by atoms with Gasteiger partial charge in [0.2, 0.25) is 5.89 Å². The van der Waals surface area contributed by atoms with Crippen molar-refractivity contribution in [1.82, 2.24) is 30.3 Å². The van der Waals surface area contributed by atoms with Gasteiger partial charge in [-0.3, -0.25) is 14.9 Å². The van der Waals surface area contributed by atoms with Crippen molar-refractivity contribution in [3.63, 3.8) is 0 Å². The Labute approximate surface area is 145 Å². The fourth-order valence-corrected chi connectivity index (χ4v) is 2.17. The fourth-order valence-electron chi connectivity index (χ4n) is 2.17. The Morgan fingerprint density at radius 1 is 1.24 bits per heavy atom. The quantitative estimate of drug-likeness (QED) is 0.733. The SMILES string of the molecule is CC(C)(C)c1noc(CCC(=O)Cc2nc(-c3ccccn3)n[nH]2)n1. The molecule has 130 valence electrons. The lowest BCUT2D eigenvalue weighted by Gasteiger charge is -2.10. The second kappa shape index (κ2) is 6.92. The molecule has 3 aromatic rings. The van der Waals surface area contributed by atoms with Crippen molar-refractivity contribution in [1.29, 1.82) is 0 Å². The highest BCUT2D eigenvalue weighted by Crippen LogP contribution is 2.19. The zero-order chi connectivity index (χ0) is 17.9. The van der Waals surface area contributed by atoms with E-state index >= 15 is 0 Å². The van der Waals surface area contributed by atoms with Gasteiger partial charge in [-0.15, -0.1) is 0 Å². The number of nitrogens with one attached hydrogen (secondary N) is 1. The van der Waals surface area contributed by atoms with Crippen LogP contribution in [0.25, 0.3) is 11.5 Å². The van der Waals surface area contributed by atoms with Gasteiger partial charge in [0.15, 0.2) is 11.6 Å². The topological polar surface area (TPSA) is 110 Å². The summed E-state index contributed by atoms with van der Waals surface area (Å²) in [7, 11) is 0. The highest BCUT2D eigenvalue weighted by Gasteiger charge is 2.21. The van der Waals surface area contributed by atoms with Crippen LogP contribution in [0, 0.1) is 0 Å². The van der Waals surface area contributed by atoms with Gasteiger partial charge in [0.05, 0.1) is 6.42 Å². The van der Waals surface area contributed by atoms with Gasteiger partial charge in [-0.25, -0.2) is 4.98 Å². The number of Topliss-reactive ketones (excluding diaryl/α,β-unsaturated/α-hetero) is 1. The highest BCUT2D eigenvalue weighted by molar-refractivity contribution is 5.80. The number of aromatic nitrogens is 6. The summed E-state index contributed by atoms with van der Waals surface area (Å²) >= 11 is 0. The van der Waals surface area contributed by atoms with Crippen molar-refractivity contribution in [3.8, 4) is 11.5 Å². The van der Waals surface area contributed by atoms with E-state index in [-0.39, 0.29) is 17.6 Å². The van der Waals surface area contributed by atoms with Crippen LogP contribution in [0.5, 0.6) is 0 Å². The number of H-pyrrole nitrogens is 1. The molecule has 3 aromatic heterocycles. The Kier molecular flexibility index (Phi) is 4.69. The molecule has 3 rings (SSSR count). The number of ketones is 1. The first-order chi connectivity index (χ1) is 11.9. The first kappa shape index (κ1) is 16.9. The average molecular weight is 340 g/mol. The molecule has 0 saturated heterocycles. The van der Waals surface area contributed by atoms with Gasteiger partial charge < -0.3 is 4.52 Å². The van der Waals surface area contributed by atoms with Crippen LogP contribution >= 0.6 is 0 Å². The summed E-state index contributed by atoms with van der Waals surface area (Å²) in [6.07, 6.45) is 2.58. The van der Waals surface area contributed by atoms with Crippen molar-refractivity contribution in [3.05, 3.63) is 41.9 Å². The minimum absolute atomic E-state index is 0.0271. The van der Waals surface area contributed by atoms with E-state index < -0.39 is 0 Å². The number of pyridine rings is 1. The van der Waals surface area contributed by atoms with Gasteiger partial charge in [0, 0.05) is 24.5 Å². The summed E-state index contributed by atoms with van der Waals surface area (Å²) in [5.74, 6) is 2.15. The molecule has 1 N–H and O–H groups in total. The molecule has 0 aliphatic rings. The minimum Gasteiger partial charge on any atom is -0.339 e. The van der Waals surface area contributed by atoms with Crippen LogP contribution in [0.2, 0.25) is 0 Å². The number of aromatic amines is 1. The van der Waals surface area contributed by atoms with E-state index in [1.807, 2.05) is 39.0 Å². The molecule has 0 spiro atoms. The maximum absolute atomic E-state index is 12.1. The van der Waals surface area contributed by atoms with E-state index in [4.69, 9.17) is 4.52 Å². The lowest BCUT2D eigenvalue weighted by molar-refractivity contribution is -0.118. The largest absolute Gasteiger partial charge is 0.339 e. The summed E-state index contributed by atoms with van der Waals surface area (Å²) in [4.78, 5) is 25.0. The third-order valence-electron chi connectivity index (χ3n) is 3.55. The standard InChI is InChI=1S/C17H20N6O2/c1-17(2,3)16-20-14(25-23-16)8-7-11(24)10-13-19-15(22-21-13)12-6-4-5-9-18-12/h4-6,9H,7-8,10H2,1-3H3,(H,19,21,22). The first-order valence-electron chi connectivity index (χ1n) is 8.09. The molecule has 0 fully saturated rings. The van der Waals surface area contributed by atoms with Crippen molar-refractivity contribution >= 4 is 5.78 Å². The third kappa shape index (κ3) is 4.34. The smallest absolute Gasteiger partial charge is 0.227 e. The Morgan fingerprint density at radius 2 is 2.08 bits per heavy atom. The Morgan fingerprint density at radius 3 is 2.76 bits per heavy atom. The Bertz CT molecular complexity index is 847. The number of aryl methyl sites for hydroxylation is 1. The van der Waals surface area contributed by atoms with Crippen LogP contribution in [0.3, 0.4) is 0 Å².